The fraction of sp³-hybridized carbons (Fsp3) is 0.929. The first-order valence-corrected chi connectivity index (χ1v) is 7.12. The molecule has 0 saturated heterocycles. The van der Waals surface area contributed by atoms with Gasteiger partial charge in [0.15, 0.2) is 5.96 Å². The third-order valence-electron chi connectivity index (χ3n) is 3.42. The van der Waals surface area contributed by atoms with Gasteiger partial charge in [-0.05, 0) is 39.5 Å². The minimum atomic E-state index is -0.200. The van der Waals surface area contributed by atoms with Gasteiger partial charge in [-0.15, -0.1) is 24.0 Å². The zero-order chi connectivity index (χ0) is 13.6. The summed E-state index contributed by atoms with van der Waals surface area (Å²) in [4.78, 5) is 4.60. The van der Waals surface area contributed by atoms with Crippen molar-refractivity contribution in [1.29, 1.82) is 0 Å². The van der Waals surface area contributed by atoms with E-state index in [1.165, 1.54) is 19.3 Å². The molecule has 0 aromatic heterocycles. The van der Waals surface area contributed by atoms with E-state index >= 15 is 0 Å². The van der Waals surface area contributed by atoms with Crippen LogP contribution in [0.2, 0.25) is 0 Å². The Balaban J connectivity index is 0.00000324. The van der Waals surface area contributed by atoms with E-state index in [0.717, 1.165) is 18.4 Å². The molecule has 0 aromatic rings. The highest BCUT2D eigenvalue weighted by Crippen LogP contribution is 2.34. The van der Waals surface area contributed by atoms with Gasteiger partial charge in [-0.1, -0.05) is 13.3 Å². The minimum Gasteiger partial charge on any atom is -0.377 e. The summed E-state index contributed by atoms with van der Waals surface area (Å²) in [5, 5.41) is 6.80. The minimum absolute atomic E-state index is 0. The largest absolute Gasteiger partial charge is 0.377 e. The lowest BCUT2D eigenvalue weighted by atomic mass is 10.1. The molecule has 5 heteroatoms. The van der Waals surface area contributed by atoms with Crippen LogP contribution in [0.3, 0.4) is 0 Å². The molecule has 0 heterocycles. The highest BCUT2D eigenvalue weighted by Gasteiger charge is 2.36. The quantitative estimate of drug-likeness (QED) is 0.404. The first kappa shape index (κ1) is 19.0. The second kappa shape index (κ2) is 9.00. The van der Waals surface area contributed by atoms with Crippen molar-refractivity contribution in [3.05, 3.63) is 0 Å². The SMILES string of the molecule is CCCC1CC1NC(=NCC(C)(C)OC)NCC.I. The van der Waals surface area contributed by atoms with Crippen LogP contribution in [0.4, 0.5) is 0 Å². The number of methoxy groups -OCH3 is 1. The Morgan fingerprint density at radius 2 is 2.05 bits per heavy atom. The second-order valence-electron chi connectivity index (χ2n) is 5.69. The molecule has 2 unspecified atom stereocenters. The number of nitrogens with zero attached hydrogens (tertiary/aromatic N) is 1. The van der Waals surface area contributed by atoms with Crippen LogP contribution in [-0.2, 0) is 4.74 Å². The van der Waals surface area contributed by atoms with Gasteiger partial charge in [0.05, 0.1) is 12.1 Å². The molecule has 2 atom stereocenters. The van der Waals surface area contributed by atoms with Crippen LogP contribution < -0.4 is 10.6 Å². The number of ether oxygens (including phenoxy) is 1. The van der Waals surface area contributed by atoms with E-state index in [-0.39, 0.29) is 29.6 Å². The third-order valence-corrected chi connectivity index (χ3v) is 3.42. The molecule has 19 heavy (non-hydrogen) atoms. The van der Waals surface area contributed by atoms with Gasteiger partial charge in [0.25, 0.3) is 0 Å². The average molecular weight is 383 g/mol. The zero-order valence-electron chi connectivity index (χ0n) is 13.0. The monoisotopic (exact) mass is 383 g/mol. The molecule has 0 radical (unpaired) electrons. The Labute approximate surface area is 135 Å². The topological polar surface area (TPSA) is 45.7 Å². The molecule has 0 aliphatic heterocycles. The van der Waals surface area contributed by atoms with E-state index in [9.17, 15) is 0 Å². The van der Waals surface area contributed by atoms with Gasteiger partial charge < -0.3 is 15.4 Å². The van der Waals surface area contributed by atoms with Gasteiger partial charge in [0.1, 0.15) is 0 Å². The van der Waals surface area contributed by atoms with Gasteiger partial charge >= 0.3 is 0 Å². The fourth-order valence-electron chi connectivity index (χ4n) is 1.94. The van der Waals surface area contributed by atoms with Gasteiger partial charge in [-0.25, -0.2) is 0 Å². The van der Waals surface area contributed by atoms with Gasteiger partial charge in [-0.2, -0.15) is 0 Å². The Morgan fingerprint density at radius 3 is 2.58 bits per heavy atom. The van der Waals surface area contributed by atoms with Crippen molar-refractivity contribution in [1.82, 2.24) is 10.6 Å². The van der Waals surface area contributed by atoms with Crippen molar-refractivity contribution in [3.63, 3.8) is 0 Å². The van der Waals surface area contributed by atoms with Crippen LogP contribution in [0.15, 0.2) is 4.99 Å². The van der Waals surface area contributed by atoms with Crippen molar-refractivity contribution in [3.8, 4) is 0 Å². The van der Waals surface area contributed by atoms with Crippen LogP contribution in [-0.4, -0.2) is 37.8 Å². The van der Waals surface area contributed by atoms with E-state index in [2.05, 4.69) is 43.3 Å². The summed E-state index contributed by atoms with van der Waals surface area (Å²) in [5.74, 6) is 1.76. The fourth-order valence-corrected chi connectivity index (χ4v) is 1.94. The number of guanidine groups is 1. The predicted molar refractivity (Wildman–Crippen MR) is 92.4 cm³/mol. The standard InChI is InChI=1S/C14H29N3O.HI/c1-6-8-11-9-12(11)17-13(15-7-2)16-10-14(3,4)18-5;/h11-12H,6-10H2,1-5H3,(H2,15,16,17);1H. The number of hydrogen-bond acceptors (Lipinski definition) is 2. The van der Waals surface area contributed by atoms with Crippen LogP contribution in [0, 0.1) is 5.92 Å². The first-order chi connectivity index (χ1) is 8.52. The highest BCUT2D eigenvalue weighted by atomic mass is 127. The summed E-state index contributed by atoms with van der Waals surface area (Å²) >= 11 is 0. The lowest BCUT2D eigenvalue weighted by Crippen LogP contribution is -2.40. The molecule has 0 amide bonds. The Hall–Kier alpha value is -0.0400. The van der Waals surface area contributed by atoms with E-state index < -0.39 is 0 Å². The maximum Gasteiger partial charge on any atom is 0.191 e. The molecule has 114 valence electrons. The van der Waals surface area contributed by atoms with Crippen LogP contribution in [0.25, 0.3) is 0 Å². The lowest BCUT2D eigenvalue weighted by Gasteiger charge is -2.21. The predicted octanol–water partition coefficient (Wildman–Crippen LogP) is 2.77. The Morgan fingerprint density at radius 1 is 1.37 bits per heavy atom. The summed E-state index contributed by atoms with van der Waals surface area (Å²) < 4.78 is 5.38. The van der Waals surface area contributed by atoms with E-state index in [1.807, 2.05) is 0 Å². The van der Waals surface area contributed by atoms with Crippen molar-refractivity contribution >= 4 is 29.9 Å². The molecular weight excluding hydrogens is 353 g/mol. The maximum absolute atomic E-state index is 5.38. The molecule has 0 aromatic carbocycles. The molecule has 2 N–H and O–H groups in total. The number of rotatable bonds is 7. The van der Waals surface area contributed by atoms with Crippen LogP contribution >= 0.6 is 24.0 Å². The van der Waals surface area contributed by atoms with Crippen LogP contribution in [0.5, 0.6) is 0 Å². The second-order valence-corrected chi connectivity index (χ2v) is 5.69. The van der Waals surface area contributed by atoms with E-state index in [1.54, 1.807) is 7.11 Å². The average Bonchev–Trinajstić information content (AvgIpc) is 3.05. The summed E-state index contributed by atoms with van der Waals surface area (Å²) in [6, 6.07) is 0.619. The smallest absolute Gasteiger partial charge is 0.191 e. The first-order valence-electron chi connectivity index (χ1n) is 7.12. The van der Waals surface area contributed by atoms with Gasteiger partial charge in [0.2, 0.25) is 0 Å². The molecule has 1 aliphatic rings. The normalized spacial score (nSPS) is 22.7. The molecule has 1 fully saturated rings. The van der Waals surface area contributed by atoms with E-state index in [4.69, 9.17) is 4.74 Å². The van der Waals surface area contributed by atoms with Gasteiger partial charge in [-0.3, -0.25) is 4.99 Å². The molecule has 1 saturated carbocycles. The molecule has 0 bridgehead atoms. The zero-order valence-corrected chi connectivity index (χ0v) is 15.3. The molecule has 1 rings (SSSR count). The van der Waals surface area contributed by atoms with Gasteiger partial charge in [0, 0.05) is 19.7 Å². The number of halogens is 1. The molecular formula is C14H30IN3O. The summed E-state index contributed by atoms with van der Waals surface area (Å²) in [7, 11) is 1.73. The Bertz CT molecular complexity index is 282. The number of nitrogens with one attached hydrogen (secondary N) is 2. The third kappa shape index (κ3) is 7.34. The number of aliphatic imine (C=N–C) groups is 1. The highest BCUT2D eigenvalue weighted by molar-refractivity contribution is 14.0. The van der Waals surface area contributed by atoms with Crippen molar-refractivity contribution in [2.24, 2.45) is 10.9 Å². The number of hydrogen-bond donors (Lipinski definition) is 2. The van der Waals surface area contributed by atoms with Crippen molar-refractivity contribution in [2.45, 2.75) is 58.6 Å². The molecule has 0 spiro atoms. The summed E-state index contributed by atoms with van der Waals surface area (Å²) in [6.07, 6.45) is 3.87. The van der Waals surface area contributed by atoms with Crippen LogP contribution in [0.1, 0.15) is 47.0 Å². The maximum atomic E-state index is 5.38. The summed E-state index contributed by atoms with van der Waals surface area (Å²) in [6.45, 7) is 10.0. The molecule has 4 nitrogen and oxygen atoms in total. The van der Waals surface area contributed by atoms with Crippen molar-refractivity contribution < 1.29 is 4.74 Å². The summed E-state index contributed by atoms with van der Waals surface area (Å²) in [5.41, 5.74) is -0.200. The van der Waals surface area contributed by atoms with E-state index in [0.29, 0.717) is 12.6 Å². The Kier molecular flexibility index (Phi) is 8.98. The lowest BCUT2D eigenvalue weighted by molar-refractivity contribution is 0.0310. The van der Waals surface area contributed by atoms with Crippen molar-refractivity contribution in [2.75, 3.05) is 20.2 Å². The molecule has 1 aliphatic carbocycles.